The van der Waals surface area contributed by atoms with Gasteiger partial charge in [0.25, 0.3) is 5.91 Å². The predicted molar refractivity (Wildman–Crippen MR) is 102 cm³/mol. The molecule has 152 valence electrons. The second kappa shape index (κ2) is 9.30. The fraction of sp³-hybridized carbons (Fsp3) is 0.350. The SMILES string of the molecule is COc1ccc(C(=O)Nc2ccc(Cl)c(C(F)(F)F)c2)cc1COCC(C)C. The van der Waals surface area contributed by atoms with Gasteiger partial charge in [0.15, 0.2) is 0 Å². The summed E-state index contributed by atoms with van der Waals surface area (Å²) in [4.78, 5) is 12.5. The summed E-state index contributed by atoms with van der Waals surface area (Å²) in [6.45, 7) is 4.83. The largest absolute Gasteiger partial charge is 0.496 e. The number of methoxy groups -OCH3 is 1. The Morgan fingerprint density at radius 2 is 1.89 bits per heavy atom. The topological polar surface area (TPSA) is 47.6 Å². The molecule has 0 heterocycles. The molecule has 0 aliphatic carbocycles. The minimum Gasteiger partial charge on any atom is -0.496 e. The van der Waals surface area contributed by atoms with Gasteiger partial charge in [-0.05, 0) is 42.3 Å². The van der Waals surface area contributed by atoms with E-state index in [-0.39, 0.29) is 17.9 Å². The molecule has 2 aromatic rings. The van der Waals surface area contributed by atoms with E-state index >= 15 is 0 Å². The van der Waals surface area contributed by atoms with Gasteiger partial charge in [-0.25, -0.2) is 0 Å². The van der Waals surface area contributed by atoms with Crippen LogP contribution < -0.4 is 10.1 Å². The van der Waals surface area contributed by atoms with Gasteiger partial charge in [0.2, 0.25) is 0 Å². The Morgan fingerprint density at radius 3 is 2.50 bits per heavy atom. The number of benzene rings is 2. The maximum atomic E-state index is 13.0. The third kappa shape index (κ3) is 5.87. The zero-order valence-corrected chi connectivity index (χ0v) is 16.4. The molecule has 0 saturated carbocycles. The van der Waals surface area contributed by atoms with E-state index in [1.165, 1.54) is 19.2 Å². The third-order valence-electron chi connectivity index (χ3n) is 3.78. The summed E-state index contributed by atoms with van der Waals surface area (Å²) >= 11 is 5.60. The number of anilines is 1. The number of hydrogen-bond acceptors (Lipinski definition) is 3. The van der Waals surface area contributed by atoms with E-state index in [1.807, 2.05) is 13.8 Å². The molecule has 2 aromatic carbocycles. The minimum absolute atomic E-state index is 0.00449. The molecule has 0 aliphatic heterocycles. The highest BCUT2D eigenvalue weighted by atomic mass is 35.5. The van der Waals surface area contributed by atoms with Crippen molar-refractivity contribution in [2.75, 3.05) is 19.0 Å². The molecular formula is C20H21ClF3NO3. The van der Waals surface area contributed by atoms with E-state index in [4.69, 9.17) is 21.1 Å². The number of carbonyl (C=O) groups excluding carboxylic acids is 1. The number of amides is 1. The van der Waals surface area contributed by atoms with E-state index in [1.54, 1.807) is 12.1 Å². The maximum Gasteiger partial charge on any atom is 0.417 e. The average Bonchev–Trinajstić information content (AvgIpc) is 2.62. The first kappa shape index (κ1) is 22.0. The quantitative estimate of drug-likeness (QED) is 0.622. The highest BCUT2D eigenvalue weighted by molar-refractivity contribution is 6.31. The van der Waals surface area contributed by atoms with Crippen LogP contribution >= 0.6 is 11.6 Å². The fourth-order valence-electron chi connectivity index (χ4n) is 2.46. The van der Waals surface area contributed by atoms with Crippen molar-refractivity contribution in [1.29, 1.82) is 0 Å². The number of rotatable bonds is 7. The van der Waals surface area contributed by atoms with E-state index in [0.717, 1.165) is 12.1 Å². The fourth-order valence-corrected chi connectivity index (χ4v) is 2.69. The number of alkyl halides is 3. The normalized spacial score (nSPS) is 11.6. The molecule has 28 heavy (non-hydrogen) atoms. The Kier molecular flexibility index (Phi) is 7.32. The molecule has 8 heteroatoms. The van der Waals surface area contributed by atoms with Gasteiger partial charge in [-0.15, -0.1) is 0 Å². The first-order chi connectivity index (χ1) is 13.1. The van der Waals surface area contributed by atoms with Crippen LogP contribution in [0.25, 0.3) is 0 Å². The smallest absolute Gasteiger partial charge is 0.417 e. The standard InChI is InChI=1S/C20H21ClF3NO3/c1-12(2)10-28-11-14-8-13(4-7-18(14)27-3)19(26)25-15-5-6-17(21)16(9-15)20(22,23)24/h4-9,12H,10-11H2,1-3H3,(H,25,26). The van der Waals surface area contributed by atoms with Crippen LogP contribution in [0.2, 0.25) is 5.02 Å². The van der Waals surface area contributed by atoms with Crippen molar-refractivity contribution in [1.82, 2.24) is 0 Å². The van der Waals surface area contributed by atoms with Crippen LogP contribution in [-0.4, -0.2) is 19.6 Å². The summed E-state index contributed by atoms with van der Waals surface area (Å²) in [6.07, 6.45) is -4.61. The van der Waals surface area contributed by atoms with Crippen molar-refractivity contribution < 1.29 is 27.4 Å². The van der Waals surface area contributed by atoms with E-state index in [9.17, 15) is 18.0 Å². The van der Waals surface area contributed by atoms with Gasteiger partial charge in [-0.1, -0.05) is 25.4 Å². The molecule has 0 fully saturated rings. The van der Waals surface area contributed by atoms with Gasteiger partial charge in [-0.2, -0.15) is 13.2 Å². The lowest BCUT2D eigenvalue weighted by molar-refractivity contribution is -0.137. The average molecular weight is 416 g/mol. The summed E-state index contributed by atoms with van der Waals surface area (Å²) in [5.74, 6) is 0.361. The Hall–Kier alpha value is -2.25. The summed E-state index contributed by atoms with van der Waals surface area (Å²) in [7, 11) is 1.51. The monoisotopic (exact) mass is 415 g/mol. The van der Waals surface area contributed by atoms with Gasteiger partial charge < -0.3 is 14.8 Å². The lowest BCUT2D eigenvalue weighted by Gasteiger charge is -2.14. The van der Waals surface area contributed by atoms with Crippen molar-refractivity contribution in [2.45, 2.75) is 26.6 Å². The van der Waals surface area contributed by atoms with Gasteiger partial charge in [0, 0.05) is 23.4 Å². The summed E-state index contributed by atoms with van der Waals surface area (Å²) in [5.41, 5.74) is -0.0741. The van der Waals surface area contributed by atoms with Gasteiger partial charge >= 0.3 is 6.18 Å². The van der Waals surface area contributed by atoms with Crippen LogP contribution in [0.3, 0.4) is 0 Å². The van der Waals surface area contributed by atoms with Gasteiger partial charge in [0.1, 0.15) is 5.75 Å². The highest BCUT2D eigenvalue weighted by Gasteiger charge is 2.33. The van der Waals surface area contributed by atoms with Gasteiger partial charge in [-0.3, -0.25) is 4.79 Å². The molecule has 0 bridgehead atoms. The van der Waals surface area contributed by atoms with Crippen LogP contribution in [0.15, 0.2) is 36.4 Å². The van der Waals surface area contributed by atoms with Crippen molar-refractivity contribution >= 4 is 23.2 Å². The lowest BCUT2D eigenvalue weighted by atomic mass is 10.1. The van der Waals surface area contributed by atoms with Gasteiger partial charge in [0.05, 0.1) is 24.3 Å². The summed E-state index contributed by atoms with van der Waals surface area (Å²) in [5, 5.41) is 2.03. The van der Waals surface area contributed by atoms with Crippen LogP contribution in [0.4, 0.5) is 18.9 Å². The summed E-state index contributed by atoms with van der Waals surface area (Å²) in [6, 6.07) is 7.95. The van der Waals surface area contributed by atoms with Crippen molar-refractivity contribution in [3.8, 4) is 5.75 Å². The molecule has 1 amide bonds. The Balaban J connectivity index is 2.20. The molecule has 2 rings (SSSR count). The van der Waals surface area contributed by atoms with Crippen molar-refractivity contribution in [3.05, 3.63) is 58.1 Å². The van der Waals surface area contributed by atoms with Crippen molar-refractivity contribution in [3.63, 3.8) is 0 Å². The third-order valence-corrected chi connectivity index (χ3v) is 4.11. The number of halogens is 4. The van der Waals surface area contributed by atoms with E-state index in [0.29, 0.717) is 23.8 Å². The molecule has 0 aromatic heterocycles. The molecule has 0 aliphatic rings. The zero-order chi connectivity index (χ0) is 20.9. The first-order valence-electron chi connectivity index (χ1n) is 8.54. The molecule has 0 unspecified atom stereocenters. The second-order valence-corrected chi connectivity index (χ2v) is 6.99. The molecule has 0 saturated heterocycles. The molecule has 0 atom stereocenters. The van der Waals surface area contributed by atoms with Crippen molar-refractivity contribution in [2.24, 2.45) is 5.92 Å². The van der Waals surface area contributed by atoms with E-state index in [2.05, 4.69) is 5.32 Å². The Bertz CT molecular complexity index is 838. The van der Waals surface area contributed by atoms with Crippen LogP contribution in [0, 0.1) is 5.92 Å². The Labute approximate surface area is 166 Å². The highest BCUT2D eigenvalue weighted by Crippen LogP contribution is 2.36. The second-order valence-electron chi connectivity index (χ2n) is 6.58. The molecule has 0 spiro atoms. The number of hydrogen-bond donors (Lipinski definition) is 1. The minimum atomic E-state index is -4.61. The molecule has 1 N–H and O–H groups in total. The summed E-state index contributed by atoms with van der Waals surface area (Å²) < 4.78 is 49.8. The number of carbonyl (C=O) groups is 1. The molecular weight excluding hydrogens is 395 g/mol. The van der Waals surface area contributed by atoms with Crippen LogP contribution in [0.5, 0.6) is 5.75 Å². The lowest BCUT2D eigenvalue weighted by Crippen LogP contribution is -2.14. The molecule has 0 radical (unpaired) electrons. The van der Waals surface area contributed by atoms with Crippen LogP contribution in [-0.2, 0) is 17.5 Å². The first-order valence-corrected chi connectivity index (χ1v) is 8.92. The van der Waals surface area contributed by atoms with Crippen LogP contribution in [0.1, 0.15) is 35.3 Å². The predicted octanol–water partition coefficient (Wildman–Crippen LogP) is 5.79. The number of ether oxygens (including phenoxy) is 2. The van der Waals surface area contributed by atoms with E-state index < -0.39 is 22.7 Å². The number of nitrogens with one attached hydrogen (secondary N) is 1. The zero-order valence-electron chi connectivity index (χ0n) is 15.7. The molecule has 4 nitrogen and oxygen atoms in total. The Morgan fingerprint density at radius 1 is 1.18 bits per heavy atom. The maximum absolute atomic E-state index is 13.0.